The molecule has 0 aliphatic heterocycles. The Bertz CT molecular complexity index is 1480. The van der Waals surface area contributed by atoms with E-state index in [1.54, 1.807) is 38.1 Å². The van der Waals surface area contributed by atoms with Crippen LogP contribution in [0.25, 0.3) is 11.0 Å². The smallest absolute Gasteiger partial charge is 0.251 e. The van der Waals surface area contributed by atoms with Crippen molar-refractivity contribution in [1.29, 1.82) is 0 Å². The molecular weight excluding hydrogens is 541 g/mol. The summed E-state index contributed by atoms with van der Waals surface area (Å²) < 4.78 is 48.6. The molecule has 0 fully saturated rings. The Balaban J connectivity index is 0.00000148. The predicted octanol–water partition coefficient (Wildman–Crippen LogP) is 8.52. The van der Waals surface area contributed by atoms with Gasteiger partial charge in [0.25, 0.3) is 5.91 Å². The highest BCUT2D eigenvalue weighted by Gasteiger charge is 2.20. The highest BCUT2D eigenvalue weighted by molar-refractivity contribution is 5.97. The maximum Gasteiger partial charge on any atom is 0.251 e. The van der Waals surface area contributed by atoms with E-state index < -0.39 is 11.7 Å². The second-order valence-corrected chi connectivity index (χ2v) is 9.14. The van der Waals surface area contributed by atoms with Crippen molar-refractivity contribution in [3.8, 4) is 5.75 Å². The zero-order chi connectivity index (χ0) is 31.4. The minimum absolute atomic E-state index is 0.0365. The molecule has 2 aromatic carbocycles. The number of nitrogens with one attached hydrogen (secondary N) is 1. The number of fused-ring (bicyclic) bond motifs is 1. The Hall–Kier alpha value is -4.14. The Morgan fingerprint density at radius 2 is 1.76 bits per heavy atom. The third-order valence-electron chi connectivity index (χ3n) is 6.44. The molecule has 42 heavy (non-hydrogen) atoms. The standard InChI is InChI=1S/C29H29F3N4O2.2C2H6/c1-17-5-7-22(31)16-24(32)27(17)34-19(3)18(2)28-35-25-12-6-20(15-26(25)36(28)4)29(37)33-13-14-38-23-10-8-21(30)9-11-23;2*1-2/h5-6,8-12,15-16,18H,7,13-14H2,1-4H3,(H,33,37);2*1-2H3. The van der Waals surface area contributed by atoms with Crippen LogP contribution in [0.3, 0.4) is 0 Å². The summed E-state index contributed by atoms with van der Waals surface area (Å²) in [5.74, 6) is -0.907. The highest BCUT2D eigenvalue weighted by Crippen LogP contribution is 2.28. The van der Waals surface area contributed by atoms with Crippen molar-refractivity contribution in [3.63, 3.8) is 0 Å². The average Bonchev–Trinajstić information content (AvgIpc) is 3.28. The van der Waals surface area contributed by atoms with E-state index in [-0.39, 0.29) is 42.9 Å². The first-order valence-corrected chi connectivity index (χ1v) is 14.2. The van der Waals surface area contributed by atoms with Crippen molar-refractivity contribution in [3.05, 3.63) is 94.7 Å². The molecular formula is C33H41F3N4O2. The fraction of sp³-hybridized carbons (Fsp3) is 0.364. The van der Waals surface area contributed by atoms with Gasteiger partial charge in [-0.05, 0) is 61.9 Å². The lowest BCUT2D eigenvalue weighted by Crippen LogP contribution is -2.28. The van der Waals surface area contributed by atoms with Gasteiger partial charge in [0.05, 0.1) is 23.5 Å². The maximum absolute atomic E-state index is 14.5. The van der Waals surface area contributed by atoms with Crippen molar-refractivity contribution in [1.82, 2.24) is 14.9 Å². The number of rotatable bonds is 8. The number of allylic oxidation sites excluding steroid dienone is 5. The first-order chi connectivity index (χ1) is 20.1. The fourth-order valence-electron chi connectivity index (χ4n) is 4.11. The SMILES string of the molecule is CC.CC.CC1=CCC(F)=CC(F)=C1N=C(C)C(C)c1nc2ccc(C(=O)NCCOc3ccc(F)cc3)cc2n1C. The van der Waals surface area contributed by atoms with Gasteiger partial charge in [-0.1, -0.05) is 40.7 Å². The van der Waals surface area contributed by atoms with Gasteiger partial charge in [-0.2, -0.15) is 0 Å². The molecule has 1 atom stereocenters. The fourth-order valence-corrected chi connectivity index (χ4v) is 4.11. The summed E-state index contributed by atoms with van der Waals surface area (Å²) in [4.78, 5) is 21.9. The van der Waals surface area contributed by atoms with Gasteiger partial charge in [-0.3, -0.25) is 9.79 Å². The second-order valence-electron chi connectivity index (χ2n) is 9.14. The van der Waals surface area contributed by atoms with Crippen LogP contribution in [0.1, 0.15) is 77.0 Å². The Labute approximate surface area is 246 Å². The van der Waals surface area contributed by atoms with E-state index in [1.807, 2.05) is 46.2 Å². The molecule has 1 unspecified atom stereocenters. The maximum atomic E-state index is 14.5. The normalized spacial score (nSPS) is 14.0. The molecule has 1 heterocycles. The summed E-state index contributed by atoms with van der Waals surface area (Å²) in [6.45, 7) is 13.9. The number of carbonyl (C=O) groups is 1. The number of hydrogen-bond acceptors (Lipinski definition) is 4. The van der Waals surface area contributed by atoms with Gasteiger partial charge < -0.3 is 14.6 Å². The number of amides is 1. The number of aliphatic imine (C=N–C) groups is 1. The highest BCUT2D eigenvalue weighted by atomic mass is 19.1. The van der Waals surface area contributed by atoms with Gasteiger partial charge in [0.15, 0.2) is 5.83 Å². The molecule has 0 radical (unpaired) electrons. The number of aryl methyl sites for hydroxylation is 1. The van der Waals surface area contributed by atoms with Crippen LogP contribution in [0.4, 0.5) is 13.2 Å². The Morgan fingerprint density at radius 1 is 1.10 bits per heavy atom. The molecule has 0 spiro atoms. The van der Waals surface area contributed by atoms with Crippen molar-refractivity contribution < 1.29 is 22.7 Å². The minimum atomic E-state index is -0.705. The third kappa shape index (κ3) is 8.68. The molecule has 9 heteroatoms. The van der Waals surface area contributed by atoms with Crippen molar-refractivity contribution >= 4 is 22.7 Å². The first kappa shape index (κ1) is 34.1. The third-order valence-corrected chi connectivity index (χ3v) is 6.44. The lowest BCUT2D eigenvalue weighted by atomic mass is 10.1. The second kappa shape index (κ2) is 16.3. The molecule has 1 N–H and O–H groups in total. The predicted molar refractivity (Wildman–Crippen MR) is 165 cm³/mol. The van der Waals surface area contributed by atoms with Crippen LogP contribution in [0, 0.1) is 5.82 Å². The quantitative estimate of drug-likeness (QED) is 0.214. The van der Waals surface area contributed by atoms with Crippen LogP contribution in [0.15, 0.2) is 82.5 Å². The van der Waals surface area contributed by atoms with Crippen LogP contribution < -0.4 is 10.1 Å². The molecule has 1 aliphatic carbocycles. The lowest BCUT2D eigenvalue weighted by molar-refractivity contribution is 0.0947. The number of nitrogens with zero attached hydrogens (tertiary/aromatic N) is 3. The van der Waals surface area contributed by atoms with Crippen LogP contribution in [-0.2, 0) is 7.05 Å². The summed E-state index contributed by atoms with van der Waals surface area (Å²) in [5, 5.41) is 2.81. The van der Waals surface area contributed by atoms with Crippen molar-refractivity contribution in [2.45, 2.75) is 60.8 Å². The molecule has 0 saturated carbocycles. The summed E-state index contributed by atoms with van der Waals surface area (Å²) in [6, 6.07) is 10.9. The van der Waals surface area contributed by atoms with Crippen LogP contribution in [0.2, 0.25) is 0 Å². The molecule has 0 bridgehead atoms. The molecule has 226 valence electrons. The topological polar surface area (TPSA) is 68.5 Å². The Morgan fingerprint density at radius 3 is 2.43 bits per heavy atom. The number of aromatic nitrogens is 2. The molecule has 0 saturated heterocycles. The summed E-state index contributed by atoms with van der Waals surface area (Å²) in [5.41, 5.74) is 3.24. The van der Waals surface area contributed by atoms with E-state index >= 15 is 0 Å². The average molecular weight is 583 g/mol. The minimum Gasteiger partial charge on any atom is -0.492 e. The summed E-state index contributed by atoms with van der Waals surface area (Å²) >= 11 is 0. The number of imidazole rings is 1. The van der Waals surface area contributed by atoms with Crippen molar-refractivity contribution in [2.75, 3.05) is 13.2 Å². The molecule has 1 aliphatic rings. The van der Waals surface area contributed by atoms with Crippen LogP contribution >= 0.6 is 0 Å². The van der Waals surface area contributed by atoms with E-state index in [0.717, 1.165) is 11.6 Å². The van der Waals surface area contributed by atoms with E-state index in [2.05, 4.69) is 10.3 Å². The zero-order valence-electron chi connectivity index (χ0n) is 25.7. The molecule has 3 aromatic rings. The lowest BCUT2D eigenvalue weighted by Gasteiger charge is -2.13. The summed E-state index contributed by atoms with van der Waals surface area (Å²) in [6.07, 6.45) is 2.53. The number of ether oxygens (including phenoxy) is 1. The summed E-state index contributed by atoms with van der Waals surface area (Å²) in [7, 11) is 1.85. The number of carbonyl (C=O) groups excluding carboxylic acids is 1. The van der Waals surface area contributed by atoms with Gasteiger partial charge in [-0.15, -0.1) is 0 Å². The molecule has 1 amide bonds. The monoisotopic (exact) mass is 582 g/mol. The molecule has 6 nitrogen and oxygen atoms in total. The molecule has 4 rings (SSSR count). The van der Waals surface area contributed by atoms with Gasteiger partial charge >= 0.3 is 0 Å². The van der Waals surface area contributed by atoms with Gasteiger partial charge in [0.1, 0.15) is 35.5 Å². The van der Waals surface area contributed by atoms with Crippen LogP contribution in [0.5, 0.6) is 5.75 Å². The zero-order valence-corrected chi connectivity index (χ0v) is 25.7. The number of hydrogen-bond donors (Lipinski definition) is 1. The van der Waals surface area contributed by atoms with Crippen molar-refractivity contribution in [2.24, 2.45) is 12.0 Å². The molecule has 1 aromatic heterocycles. The number of halogens is 3. The first-order valence-electron chi connectivity index (χ1n) is 14.2. The van der Waals surface area contributed by atoms with Gasteiger partial charge in [0.2, 0.25) is 0 Å². The van der Waals surface area contributed by atoms with Gasteiger partial charge in [-0.25, -0.2) is 18.2 Å². The van der Waals surface area contributed by atoms with Crippen LogP contribution in [-0.4, -0.2) is 34.3 Å². The Kier molecular flexibility index (Phi) is 13.3. The van der Waals surface area contributed by atoms with E-state index in [0.29, 0.717) is 33.9 Å². The van der Waals surface area contributed by atoms with Gasteiger partial charge in [0, 0.05) is 30.8 Å². The van der Waals surface area contributed by atoms with E-state index in [4.69, 9.17) is 9.72 Å². The largest absolute Gasteiger partial charge is 0.492 e. The van der Waals surface area contributed by atoms with E-state index in [1.165, 1.54) is 24.3 Å². The number of benzene rings is 2. The van der Waals surface area contributed by atoms with E-state index in [9.17, 15) is 18.0 Å².